The number of benzene rings is 4. The van der Waals surface area contributed by atoms with Gasteiger partial charge in [0.05, 0.1) is 42.7 Å². The number of nitrogens with zero attached hydrogens (tertiary/aromatic N) is 5. The van der Waals surface area contributed by atoms with Gasteiger partial charge in [0.2, 0.25) is 5.91 Å². The highest BCUT2D eigenvalue weighted by molar-refractivity contribution is 6.01. The monoisotopic (exact) mass is 859 g/mol. The molecular weight excluding hydrogens is 807 g/mol. The van der Waals surface area contributed by atoms with Crippen molar-refractivity contribution in [2.45, 2.75) is 102 Å². The van der Waals surface area contributed by atoms with E-state index in [9.17, 15) is 24.3 Å². The quantitative estimate of drug-likeness (QED) is 0.0753. The van der Waals surface area contributed by atoms with Gasteiger partial charge in [-0.25, -0.2) is 9.59 Å². The predicted octanol–water partition coefficient (Wildman–Crippen LogP) is 11.6. The molecule has 0 saturated heterocycles. The van der Waals surface area contributed by atoms with E-state index in [0.717, 1.165) is 81.1 Å². The van der Waals surface area contributed by atoms with Crippen molar-refractivity contribution in [1.82, 2.24) is 9.13 Å². The van der Waals surface area contributed by atoms with Gasteiger partial charge in [0.25, 0.3) is 0 Å². The van der Waals surface area contributed by atoms with Crippen LogP contribution in [-0.4, -0.2) is 52.3 Å². The van der Waals surface area contributed by atoms with Crippen LogP contribution in [0.1, 0.15) is 119 Å². The number of rotatable bonds is 6. The number of aromatic nitrogens is 2. The summed E-state index contributed by atoms with van der Waals surface area (Å²) in [6, 6.07) is 27.9. The Kier molecular flexibility index (Phi) is 12.1. The van der Waals surface area contributed by atoms with Crippen LogP contribution in [0.25, 0.3) is 54.8 Å². The molecule has 6 aromatic rings. The number of carboxylic acid groups (broad SMARTS) is 1. The molecule has 0 spiro atoms. The number of carbonyl (C=O) groups excluding carboxylic acids is 3. The summed E-state index contributed by atoms with van der Waals surface area (Å²) in [7, 11) is 2.76. The molecule has 0 radical (unpaired) electrons. The molecule has 2 aliphatic heterocycles. The van der Waals surface area contributed by atoms with E-state index >= 15 is 0 Å². The van der Waals surface area contributed by atoms with Crippen LogP contribution in [0.15, 0.2) is 90.0 Å². The van der Waals surface area contributed by atoms with Crippen LogP contribution in [0, 0.1) is 11.8 Å². The Morgan fingerprint density at radius 2 is 1.06 bits per heavy atom. The first-order chi connectivity index (χ1) is 31.2. The lowest BCUT2D eigenvalue weighted by atomic mass is 9.81. The second-order valence-electron chi connectivity index (χ2n) is 17.8. The van der Waals surface area contributed by atoms with Crippen molar-refractivity contribution < 1.29 is 33.8 Å². The van der Waals surface area contributed by atoms with Crippen molar-refractivity contribution in [3.05, 3.63) is 129 Å². The summed E-state index contributed by atoms with van der Waals surface area (Å²) < 4.78 is 14.3. The maximum atomic E-state index is 12.7. The third-order valence-corrected chi connectivity index (χ3v) is 14.2. The fourth-order valence-electron chi connectivity index (χ4n) is 11.2. The molecule has 2 saturated carbocycles. The molecule has 2 fully saturated rings. The van der Waals surface area contributed by atoms with Crippen molar-refractivity contribution >= 4 is 45.6 Å². The van der Waals surface area contributed by atoms with Crippen LogP contribution in [0.5, 0.6) is 0 Å². The third kappa shape index (κ3) is 7.85. The number of azide groups is 1. The highest BCUT2D eigenvalue weighted by atomic mass is 16.5. The summed E-state index contributed by atoms with van der Waals surface area (Å²) in [5, 5.41) is 15.6. The molecule has 64 heavy (non-hydrogen) atoms. The highest BCUT2D eigenvalue weighted by Crippen LogP contribution is 2.48. The maximum Gasteiger partial charge on any atom is 0.337 e. The lowest BCUT2D eigenvalue weighted by Crippen LogP contribution is -2.21. The molecule has 12 nitrogen and oxygen atoms in total. The van der Waals surface area contributed by atoms with E-state index in [1.54, 1.807) is 0 Å². The van der Waals surface area contributed by atoms with Gasteiger partial charge in [-0.2, -0.15) is 0 Å². The largest absolute Gasteiger partial charge is 0.481 e. The highest BCUT2D eigenvalue weighted by Gasteiger charge is 2.35. The minimum atomic E-state index is -0.784. The molecule has 4 heterocycles. The van der Waals surface area contributed by atoms with E-state index in [1.165, 1.54) is 63.9 Å². The number of esters is 2. The summed E-state index contributed by atoms with van der Waals surface area (Å²) in [6.07, 6.45) is 13.0. The van der Waals surface area contributed by atoms with Crippen LogP contribution in [0.2, 0.25) is 0 Å². The van der Waals surface area contributed by atoms with Crippen LogP contribution < -0.4 is 0 Å². The number of hydrogen-bond donors (Lipinski definition) is 1. The molecule has 0 bridgehead atoms. The first-order valence-corrected chi connectivity index (χ1v) is 22.7. The molecule has 1 amide bonds. The van der Waals surface area contributed by atoms with Gasteiger partial charge in [0.1, 0.15) is 0 Å². The van der Waals surface area contributed by atoms with E-state index in [4.69, 9.17) is 15.0 Å². The van der Waals surface area contributed by atoms with E-state index in [2.05, 4.69) is 43.4 Å². The number of methoxy groups -OCH3 is 2. The number of ether oxygens (including phenoxy) is 2. The Bertz CT molecular complexity index is 2850. The SMILES string of the molecule is COC(=O)c1ccc2c(C3CCCCC3)c3n(c2c1)CC(C(=O)N=[N+]=[N-])Cc1ccccc1-3.COC(=O)c1ccc2c(C3CCCCC3)c3n(c2c1)CC(C(=O)O)Cc1ccccc1-3. The summed E-state index contributed by atoms with van der Waals surface area (Å²) in [6.45, 7) is 0.795. The second kappa shape index (κ2) is 18.2. The van der Waals surface area contributed by atoms with Gasteiger partial charge in [0.15, 0.2) is 0 Å². The Balaban J connectivity index is 0.000000162. The minimum absolute atomic E-state index is 0.375. The van der Waals surface area contributed by atoms with Crippen LogP contribution in [0.4, 0.5) is 0 Å². The van der Waals surface area contributed by atoms with Gasteiger partial charge in [-0.3, -0.25) is 9.59 Å². The number of fused-ring (bicyclic) bond motifs is 10. The van der Waals surface area contributed by atoms with Gasteiger partial charge in [-0.1, -0.05) is 99.2 Å². The van der Waals surface area contributed by atoms with Gasteiger partial charge in [-0.15, -0.1) is 0 Å². The summed E-state index contributed by atoms with van der Waals surface area (Å²) in [5.41, 5.74) is 21.0. The normalized spacial score (nSPS) is 18.4. The van der Waals surface area contributed by atoms with E-state index in [-0.39, 0.29) is 11.9 Å². The second-order valence-corrected chi connectivity index (χ2v) is 17.8. The van der Waals surface area contributed by atoms with E-state index in [1.807, 2.05) is 60.7 Å². The maximum absolute atomic E-state index is 12.7. The minimum Gasteiger partial charge on any atom is -0.481 e. The molecule has 1 N–H and O–H groups in total. The fraction of sp³-hybridized carbons (Fsp3) is 0.385. The van der Waals surface area contributed by atoms with Crippen LogP contribution in [0.3, 0.4) is 0 Å². The zero-order valence-electron chi connectivity index (χ0n) is 36.4. The van der Waals surface area contributed by atoms with Crippen LogP contribution >= 0.6 is 0 Å². The zero-order chi connectivity index (χ0) is 44.5. The molecule has 4 aromatic carbocycles. The van der Waals surface area contributed by atoms with Crippen molar-refractivity contribution in [3.8, 4) is 22.5 Å². The molecule has 2 unspecified atom stereocenters. The molecule has 328 valence electrons. The average molecular weight is 860 g/mol. The number of aliphatic carboxylic acids is 1. The van der Waals surface area contributed by atoms with E-state index < -0.39 is 23.7 Å². The topological polar surface area (TPSA) is 166 Å². The Morgan fingerprint density at radius 3 is 1.50 bits per heavy atom. The predicted molar refractivity (Wildman–Crippen MR) is 245 cm³/mol. The summed E-state index contributed by atoms with van der Waals surface area (Å²) in [4.78, 5) is 52.1. The Labute approximate surface area is 371 Å². The van der Waals surface area contributed by atoms with Gasteiger partial charge >= 0.3 is 17.9 Å². The Hall–Kier alpha value is -6.65. The molecule has 4 aliphatic rings. The number of hydrogen-bond acceptors (Lipinski definition) is 6. The number of carbonyl (C=O) groups is 4. The van der Waals surface area contributed by atoms with Gasteiger partial charge in [0, 0.05) is 56.9 Å². The third-order valence-electron chi connectivity index (χ3n) is 14.2. The lowest BCUT2D eigenvalue weighted by Gasteiger charge is -2.24. The standard InChI is InChI=1S/C26H26N4O3.C26H27NO4/c1-33-26(32)18-11-12-21-22(14-18)30-15-19(25(31)28-29-27)13-17-9-5-6-10-20(17)24(30)23(21)16-7-3-2-4-8-16;1-31-26(30)18-11-12-21-22(14-18)27-15-19(25(28)29)13-17-9-5-6-10-20(17)24(27)23(21)16-7-3-2-4-8-16/h5-6,9-12,14,16,19H,2-4,7-8,13,15H2,1H3;5-6,9-12,14,16,19H,2-4,7-8,13,15H2,1H3,(H,28,29). The first-order valence-electron chi connectivity index (χ1n) is 22.7. The molecule has 12 heteroatoms. The number of amides is 1. The van der Waals surface area contributed by atoms with Crippen LogP contribution in [-0.2, 0) is 45.0 Å². The lowest BCUT2D eigenvalue weighted by molar-refractivity contribution is -0.142. The summed E-state index contributed by atoms with van der Waals surface area (Å²) >= 11 is 0. The average Bonchev–Trinajstić information content (AvgIpc) is 3.67. The molecule has 2 aromatic heterocycles. The van der Waals surface area contributed by atoms with Gasteiger partial charge in [-0.05, 0) is 108 Å². The Morgan fingerprint density at radius 1 is 0.625 bits per heavy atom. The van der Waals surface area contributed by atoms with Crippen molar-refractivity contribution in [3.63, 3.8) is 0 Å². The van der Waals surface area contributed by atoms with E-state index in [0.29, 0.717) is 48.9 Å². The fourth-order valence-corrected chi connectivity index (χ4v) is 11.2. The summed E-state index contributed by atoms with van der Waals surface area (Å²) in [5.74, 6) is -2.11. The van der Waals surface area contributed by atoms with Gasteiger partial charge < -0.3 is 23.7 Å². The van der Waals surface area contributed by atoms with Crippen molar-refractivity contribution in [2.75, 3.05) is 14.2 Å². The number of carboxylic acids is 1. The molecular formula is C52H53N5O7. The molecule has 2 atom stereocenters. The molecule has 2 aliphatic carbocycles. The molecule has 10 rings (SSSR count). The van der Waals surface area contributed by atoms with Crippen molar-refractivity contribution in [1.29, 1.82) is 0 Å². The first kappa shape index (κ1) is 42.6. The van der Waals surface area contributed by atoms with Crippen molar-refractivity contribution in [2.24, 2.45) is 17.0 Å². The smallest absolute Gasteiger partial charge is 0.337 e. The zero-order valence-corrected chi connectivity index (χ0v) is 36.4.